The van der Waals surface area contributed by atoms with E-state index in [1.807, 2.05) is 48.5 Å². The molecule has 1 heterocycles. The third-order valence-corrected chi connectivity index (χ3v) is 6.11. The molecule has 1 aliphatic rings. The second kappa shape index (κ2) is 6.82. The van der Waals surface area contributed by atoms with Crippen LogP contribution in [0.25, 0.3) is 22.5 Å². The molecule has 2 aromatic carbocycles. The zero-order chi connectivity index (χ0) is 20.8. The molecule has 0 bridgehead atoms. The third kappa shape index (κ3) is 3.68. The lowest BCUT2D eigenvalue weighted by molar-refractivity contribution is -0.119. The maximum atomic E-state index is 12.4. The van der Waals surface area contributed by atoms with Gasteiger partial charge >= 0.3 is 0 Å². The summed E-state index contributed by atoms with van der Waals surface area (Å²) < 4.78 is 27.8. The van der Waals surface area contributed by atoms with Crippen molar-refractivity contribution in [3.05, 3.63) is 59.8 Å². The highest BCUT2D eigenvalue weighted by Gasteiger charge is 2.51. The Labute approximate surface area is 168 Å². The van der Waals surface area contributed by atoms with Crippen LogP contribution in [-0.4, -0.2) is 25.1 Å². The molecule has 1 aromatic heterocycles. The topological polar surface area (TPSA) is 129 Å². The fraction of sp³-hybridized carbons (Fsp3) is 0.238. The van der Waals surface area contributed by atoms with Gasteiger partial charge in [0.2, 0.25) is 10.0 Å². The lowest BCUT2D eigenvalue weighted by atomic mass is 9.90. The lowest BCUT2D eigenvalue weighted by Crippen LogP contribution is -2.31. The van der Waals surface area contributed by atoms with Crippen LogP contribution in [0.2, 0.25) is 0 Å². The zero-order valence-electron chi connectivity index (χ0n) is 15.9. The number of primary sulfonamides is 1. The Kier molecular flexibility index (Phi) is 4.55. The summed E-state index contributed by atoms with van der Waals surface area (Å²) >= 11 is 0. The average Bonchev–Trinajstić information content (AvgIpc) is 3.43. The van der Waals surface area contributed by atoms with E-state index in [0.717, 1.165) is 22.3 Å². The Bertz CT molecular complexity index is 1180. The second-order valence-electron chi connectivity index (χ2n) is 7.48. The van der Waals surface area contributed by atoms with Gasteiger partial charge in [-0.3, -0.25) is 4.79 Å². The van der Waals surface area contributed by atoms with Crippen LogP contribution in [0.15, 0.2) is 53.1 Å². The van der Waals surface area contributed by atoms with E-state index in [2.05, 4.69) is 5.16 Å². The van der Waals surface area contributed by atoms with Gasteiger partial charge in [0.1, 0.15) is 17.1 Å². The number of sulfonamides is 1. The maximum absolute atomic E-state index is 12.4. The minimum Gasteiger partial charge on any atom is -0.394 e. The van der Waals surface area contributed by atoms with Gasteiger partial charge in [0.05, 0.1) is 5.41 Å². The van der Waals surface area contributed by atoms with Crippen molar-refractivity contribution >= 4 is 21.5 Å². The molecular formula is C21H21N3O4S. The summed E-state index contributed by atoms with van der Waals surface area (Å²) in [6.07, 6.45) is 1.29. The monoisotopic (exact) mass is 411 g/mol. The molecule has 7 nitrogen and oxygen atoms in total. The normalized spacial score (nSPS) is 15.2. The van der Waals surface area contributed by atoms with E-state index < -0.39 is 21.2 Å². The summed E-state index contributed by atoms with van der Waals surface area (Å²) in [5, 5.41) is 8.91. The highest BCUT2D eigenvalue weighted by Crippen LogP contribution is 2.49. The Balaban J connectivity index is 1.55. The molecule has 1 saturated carbocycles. The minimum atomic E-state index is -3.82. The number of carbonyl (C=O) groups excluding carboxylic acids is 1. The molecule has 0 saturated heterocycles. The van der Waals surface area contributed by atoms with Crippen molar-refractivity contribution in [2.75, 3.05) is 11.5 Å². The molecule has 0 radical (unpaired) electrons. The van der Waals surface area contributed by atoms with Crippen molar-refractivity contribution in [3.8, 4) is 22.5 Å². The molecule has 1 aliphatic carbocycles. The summed E-state index contributed by atoms with van der Waals surface area (Å²) in [6, 6.07) is 15.4. The van der Waals surface area contributed by atoms with Crippen LogP contribution >= 0.6 is 0 Å². The molecule has 3 aromatic rings. The van der Waals surface area contributed by atoms with Crippen molar-refractivity contribution in [2.45, 2.75) is 25.2 Å². The molecule has 0 aliphatic heterocycles. The third-order valence-electron chi connectivity index (χ3n) is 5.44. The first-order valence-corrected chi connectivity index (χ1v) is 10.9. The molecule has 1 fully saturated rings. The number of Topliss-reactive ketones (excluding diaryl/α,β-unsaturated/α-hetero) is 1. The molecule has 4 rings (SSSR count). The molecule has 150 valence electrons. The lowest BCUT2D eigenvalue weighted by Gasteiger charge is -2.14. The van der Waals surface area contributed by atoms with Crippen LogP contribution < -0.4 is 10.9 Å². The number of aromatic nitrogens is 1. The SMILES string of the molecule is Cc1noc(-c2ccc(-c3ccc(C4(C(=O)CS(N)(=O)=O)CC4)cc3)cc2)c1N. The van der Waals surface area contributed by atoms with E-state index in [1.165, 1.54) is 0 Å². The summed E-state index contributed by atoms with van der Waals surface area (Å²) in [6.45, 7) is 1.79. The first kappa shape index (κ1) is 19.4. The summed E-state index contributed by atoms with van der Waals surface area (Å²) in [7, 11) is -3.82. The van der Waals surface area contributed by atoms with Crippen LogP contribution in [0.1, 0.15) is 24.1 Å². The molecular weight excluding hydrogens is 390 g/mol. The average molecular weight is 411 g/mol. The smallest absolute Gasteiger partial charge is 0.216 e. The number of benzene rings is 2. The highest BCUT2D eigenvalue weighted by atomic mass is 32.2. The van der Waals surface area contributed by atoms with Gasteiger partial charge in [-0.25, -0.2) is 13.6 Å². The number of nitrogens with zero attached hydrogens (tertiary/aromatic N) is 1. The summed E-state index contributed by atoms with van der Waals surface area (Å²) in [5.74, 6) is -0.411. The fourth-order valence-electron chi connectivity index (χ4n) is 3.56. The van der Waals surface area contributed by atoms with Gasteiger partial charge in [0.25, 0.3) is 0 Å². The predicted molar refractivity (Wildman–Crippen MR) is 110 cm³/mol. The zero-order valence-corrected chi connectivity index (χ0v) is 16.7. The fourth-order valence-corrected chi connectivity index (χ4v) is 4.20. The van der Waals surface area contributed by atoms with E-state index >= 15 is 0 Å². The van der Waals surface area contributed by atoms with E-state index in [4.69, 9.17) is 15.4 Å². The van der Waals surface area contributed by atoms with E-state index in [0.29, 0.717) is 30.0 Å². The van der Waals surface area contributed by atoms with Gasteiger partial charge in [0.15, 0.2) is 11.5 Å². The highest BCUT2D eigenvalue weighted by molar-refractivity contribution is 7.89. The maximum Gasteiger partial charge on any atom is 0.216 e. The number of aryl methyl sites for hydroxylation is 1. The Morgan fingerprint density at radius 1 is 1.03 bits per heavy atom. The van der Waals surface area contributed by atoms with Crippen LogP contribution in [0.5, 0.6) is 0 Å². The van der Waals surface area contributed by atoms with Crippen molar-refractivity contribution in [1.82, 2.24) is 5.16 Å². The number of ketones is 1. The van der Waals surface area contributed by atoms with Crippen LogP contribution in [0.3, 0.4) is 0 Å². The number of hydrogen-bond donors (Lipinski definition) is 2. The Hall–Kier alpha value is -2.97. The number of nitrogens with two attached hydrogens (primary N) is 2. The predicted octanol–water partition coefficient (Wildman–Crippen LogP) is 2.79. The van der Waals surface area contributed by atoms with Crippen molar-refractivity contribution < 1.29 is 17.7 Å². The standard InChI is InChI=1S/C21H21N3O4S/c1-13-19(22)20(28-24-13)16-4-2-14(3-5-16)15-6-8-17(9-7-15)21(10-11-21)18(25)12-29(23,26)27/h2-9H,10-12,22H2,1H3,(H2,23,26,27). The Morgan fingerprint density at radius 3 is 2.00 bits per heavy atom. The quantitative estimate of drug-likeness (QED) is 0.641. The van der Waals surface area contributed by atoms with E-state index in [1.54, 1.807) is 6.92 Å². The number of carbonyl (C=O) groups is 1. The molecule has 0 amide bonds. The van der Waals surface area contributed by atoms with E-state index in [9.17, 15) is 13.2 Å². The molecule has 8 heteroatoms. The Morgan fingerprint density at radius 2 is 1.55 bits per heavy atom. The number of rotatable bonds is 6. The molecule has 29 heavy (non-hydrogen) atoms. The van der Waals surface area contributed by atoms with Crippen molar-refractivity contribution in [2.24, 2.45) is 5.14 Å². The summed E-state index contributed by atoms with van der Waals surface area (Å²) in [4.78, 5) is 12.4. The first-order chi connectivity index (χ1) is 13.7. The molecule has 0 spiro atoms. The number of anilines is 1. The van der Waals surface area contributed by atoms with Gasteiger partial charge in [-0.15, -0.1) is 0 Å². The van der Waals surface area contributed by atoms with Crippen molar-refractivity contribution in [1.29, 1.82) is 0 Å². The molecule has 0 unspecified atom stereocenters. The van der Waals surface area contributed by atoms with Crippen molar-refractivity contribution in [3.63, 3.8) is 0 Å². The van der Waals surface area contributed by atoms with Crippen LogP contribution in [0, 0.1) is 6.92 Å². The van der Waals surface area contributed by atoms with Gasteiger partial charge in [-0.1, -0.05) is 53.7 Å². The van der Waals surface area contributed by atoms with Crippen LogP contribution in [0.4, 0.5) is 5.69 Å². The second-order valence-corrected chi connectivity index (χ2v) is 9.09. The number of nitrogen functional groups attached to an aromatic ring is 1. The van der Waals surface area contributed by atoms with Gasteiger partial charge in [0, 0.05) is 5.56 Å². The minimum absolute atomic E-state index is 0.336. The largest absolute Gasteiger partial charge is 0.394 e. The number of hydrogen-bond acceptors (Lipinski definition) is 6. The van der Waals surface area contributed by atoms with Crippen LogP contribution in [-0.2, 0) is 20.2 Å². The van der Waals surface area contributed by atoms with Gasteiger partial charge in [-0.2, -0.15) is 0 Å². The van der Waals surface area contributed by atoms with Gasteiger partial charge in [-0.05, 0) is 36.5 Å². The molecule has 0 atom stereocenters. The first-order valence-electron chi connectivity index (χ1n) is 9.16. The van der Waals surface area contributed by atoms with Gasteiger partial charge < -0.3 is 10.3 Å². The van der Waals surface area contributed by atoms with E-state index in [-0.39, 0.29) is 5.78 Å². The molecule has 4 N–H and O–H groups in total. The summed E-state index contributed by atoms with van der Waals surface area (Å²) in [5.41, 5.74) is 10.1.